The van der Waals surface area contributed by atoms with Crippen LogP contribution < -0.4 is 9.46 Å². The molecule has 3 aromatic rings. The van der Waals surface area contributed by atoms with Crippen LogP contribution in [0.3, 0.4) is 0 Å². The van der Waals surface area contributed by atoms with Gasteiger partial charge in [-0.1, -0.05) is 45.0 Å². The van der Waals surface area contributed by atoms with Gasteiger partial charge >= 0.3 is 0 Å². The molecule has 0 unspecified atom stereocenters. The highest BCUT2D eigenvalue weighted by molar-refractivity contribution is 7.92. The largest absolute Gasteiger partial charge is 0.475 e. The maximum Gasteiger partial charge on any atom is 0.264 e. The van der Waals surface area contributed by atoms with Crippen LogP contribution in [0.25, 0.3) is 11.3 Å². The van der Waals surface area contributed by atoms with Gasteiger partial charge in [-0.25, -0.2) is 18.1 Å². The Bertz CT molecular complexity index is 1720. The number of hydrogen-bond donors (Lipinski definition) is 1. The van der Waals surface area contributed by atoms with Crippen LogP contribution >= 0.6 is 0 Å². The van der Waals surface area contributed by atoms with Crippen LogP contribution in [-0.4, -0.2) is 84.1 Å². The van der Waals surface area contributed by atoms with Crippen LogP contribution in [0.15, 0.2) is 53.4 Å². The molecule has 3 heterocycles. The lowest BCUT2D eigenvalue weighted by Gasteiger charge is -2.52. The molecule has 1 aromatic heterocycles. The van der Waals surface area contributed by atoms with Crippen molar-refractivity contribution in [1.29, 1.82) is 0 Å². The highest BCUT2D eigenvalue weighted by Crippen LogP contribution is 2.37. The van der Waals surface area contributed by atoms with E-state index in [0.717, 1.165) is 42.6 Å². The van der Waals surface area contributed by atoms with Gasteiger partial charge in [-0.2, -0.15) is 4.98 Å². The first-order valence-electron chi connectivity index (χ1n) is 16.6. The maximum absolute atomic E-state index is 14.5. The van der Waals surface area contributed by atoms with Crippen LogP contribution in [-0.2, 0) is 14.8 Å². The third-order valence-electron chi connectivity index (χ3n) is 9.40. The Labute approximate surface area is 278 Å². The number of nitrogens with zero attached hydrogens (tertiary/aromatic N) is 4. The third-order valence-corrected chi connectivity index (χ3v) is 10.7. The summed E-state index contributed by atoms with van der Waals surface area (Å²) in [7, 11) is -4.13. The van der Waals surface area contributed by atoms with Crippen molar-refractivity contribution >= 4 is 21.9 Å². The number of amides is 1. The number of anilines is 1. The molecular weight excluding hydrogens is 614 g/mol. The molecule has 4 bridgehead atoms. The van der Waals surface area contributed by atoms with E-state index in [1.807, 2.05) is 36.9 Å². The van der Waals surface area contributed by atoms with E-state index in [4.69, 9.17) is 9.47 Å². The van der Waals surface area contributed by atoms with Crippen LogP contribution in [0, 0.1) is 19.3 Å². The third kappa shape index (κ3) is 7.32. The quantitative estimate of drug-likeness (QED) is 0.371. The standard InChI is InChI=1S/C36H47N5O5S/c1-22-10-8-11-23(2)33(22)31-17-32-38-35(37-31)39-47(43,44)30-13-9-12-26(14-30)34(42)41(29(21-45-32)18-36(5,6)7)28-15-27(16-28)40-19-24(3)46-25(4)20-40/h8-14,17,24-25,27-29H,15-16,18-21H2,1-7H3,(H,37,38,39)/t24-,25+,27-,28+,29-/m1/s1. The van der Waals surface area contributed by atoms with Crippen molar-refractivity contribution in [2.75, 3.05) is 24.4 Å². The van der Waals surface area contributed by atoms with Gasteiger partial charge in [0.25, 0.3) is 15.9 Å². The van der Waals surface area contributed by atoms with Crippen molar-refractivity contribution in [1.82, 2.24) is 19.8 Å². The van der Waals surface area contributed by atoms with E-state index in [9.17, 15) is 13.2 Å². The molecule has 10 nitrogen and oxygen atoms in total. The summed E-state index contributed by atoms with van der Waals surface area (Å²) in [5.74, 6) is -0.0353. The number of fused-ring (bicyclic) bond motifs is 4. The average molecular weight is 662 g/mol. The fraction of sp³-hybridized carbons (Fsp3) is 0.528. The Morgan fingerprint density at radius 1 is 0.936 bits per heavy atom. The van der Waals surface area contributed by atoms with Gasteiger partial charge in [0.05, 0.1) is 28.8 Å². The topological polar surface area (TPSA) is 114 Å². The molecule has 0 spiro atoms. The van der Waals surface area contributed by atoms with Gasteiger partial charge < -0.3 is 14.4 Å². The number of hydrogen-bond acceptors (Lipinski definition) is 8. The summed E-state index contributed by atoms with van der Waals surface area (Å²) in [4.78, 5) is 28.1. The molecule has 3 aliphatic rings. The smallest absolute Gasteiger partial charge is 0.264 e. The summed E-state index contributed by atoms with van der Waals surface area (Å²) in [5, 5.41) is 0. The van der Waals surface area contributed by atoms with Gasteiger partial charge in [0.1, 0.15) is 6.61 Å². The Morgan fingerprint density at radius 3 is 2.26 bits per heavy atom. The van der Waals surface area contributed by atoms with Crippen LogP contribution in [0.4, 0.5) is 5.95 Å². The molecule has 3 atom stereocenters. The summed E-state index contributed by atoms with van der Waals surface area (Å²) in [6, 6.07) is 14.0. The number of aromatic nitrogens is 2. The molecule has 252 valence electrons. The lowest BCUT2D eigenvalue weighted by Crippen LogP contribution is -2.62. The lowest BCUT2D eigenvalue weighted by molar-refractivity contribution is -0.101. The number of rotatable bonds is 4. The minimum atomic E-state index is -4.13. The molecule has 1 saturated carbocycles. The monoisotopic (exact) mass is 661 g/mol. The van der Waals surface area contributed by atoms with E-state index in [0.29, 0.717) is 23.7 Å². The van der Waals surface area contributed by atoms with Crippen molar-refractivity contribution in [3.63, 3.8) is 0 Å². The van der Waals surface area contributed by atoms with Crippen molar-refractivity contribution in [3.8, 4) is 17.1 Å². The molecule has 1 amide bonds. The van der Waals surface area contributed by atoms with E-state index in [-0.39, 0.29) is 58.9 Å². The fourth-order valence-corrected chi connectivity index (χ4v) is 8.36. The first-order valence-corrected chi connectivity index (χ1v) is 18.1. The van der Waals surface area contributed by atoms with Crippen LogP contribution in [0.1, 0.15) is 75.4 Å². The maximum atomic E-state index is 14.5. The SMILES string of the molecule is Cc1cccc(C)c1-c1cc2nc(n1)NS(=O)(=O)c1cccc(c1)C(=O)N([C@H]1C[C@@H](N3C[C@@H](C)O[C@@H](C)C3)C1)[C@H](CC(C)(C)C)CO2. The van der Waals surface area contributed by atoms with Gasteiger partial charge in [-0.3, -0.25) is 9.69 Å². The summed E-state index contributed by atoms with van der Waals surface area (Å²) >= 11 is 0. The molecule has 47 heavy (non-hydrogen) atoms. The fourth-order valence-electron chi connectivity index (χ4n) is 7.37. The highest BCUT2D eigenvalue weighted by atomic mass is 32.2. The molecule has 1 aliphatic carbocycles. The van der Waals surface area contributed by atoms with Crippen molar-refractivity contribution < 1.29 is 22.7 Å². The second kappa shape index (κ2) is 12.8. The zero-order valence-electron chi connectivity index (χ0n) is 28.5. The first kappa shape index (κ1) is 33.4. The number of morpholine rings is 1. The van der Waals surface area contributed by atoms with Gasteiger partial charge in [-0.05, 0) is 81.7 Å². The summed E-state index contributed by atoms with van der Waals surface area (Å²) in [5.41, 5.74) is 3.66. The predicted octanol–water partition coefficient (Wildman–Crippen LogP) is 5.84. The van der Waals surface area contributed by atoms with Gasteiger partial charge in [-0.15, -0.1) is 0 Å². The molecule has 6 rings (SSSR count). The number of ether oxygens (including phenoxy) is 2. The van der Waals surface area contributed by atoms with Gasteiger partial charge in [0.2, 0.25) is 11.8 Å². The molecular formula is C36H47N5O5S. The van der Waals surface area contributed by atoms with Crippen molar-refractivity contribution in [2.45, 2.75) is 103 Å². The zero-order valence-corrected chi connectivity index (χ0v) is 29.3. The van der Waals surface area contributed by atoms with Crippen molar-refractivity contribution in [2.24, 2.45) is 5.41 Å². The molecule has 0 radical (unpaired) electrons. The predicted molar refractivity (Wildman–Crippen MR) is 182 cm³/mol. The van der Waals surface area contributed by atoms with Gasteiger partial charge in [0.15, 0.2) is 0 Å². The Hall–Kier alpha value is -3.54. The molecule has 1 saturated heterocycles. The second-order valence-corrected chi connectivity index (χ2v) is 16.4. The number of carbonyl (C=O) groups is 1. The van der Waals surface area contributed by atoms with E-state index >= 15 is 0 Å². The molecule has 2 aromatic carbocycles. The number of nitrogens with one attached hydrogen (secondary N) is 1. The summed E-state index contributed by atoms with van der Waals surface area (Å²) in [6.45, 7) is 16.6. The van der Waals surface area contributed by atoms with Gasteiger partial charge in [0, 0.05) is 42.4 Å². The first-order chi connectivity index (χ1) is 22.2. The summed E-state index contributed by atoms with van der Waals surface area (Å²) in [6.07, 6.45) is 2.68. The molecule has 1 N–H and O–H groups in total. The minimum absolute atomic E-state index is 0.0217. The molecule has 2 fully saturated rings. The van der Waals surface area contributed by atoms with E-state index in [2.05, 4.69) is 54.2 Å². The van der Waals surface area contributed by atoms with E-state index in [1.54, 1.807) is 18.2 Å². The van der Waals surface area contributed by atoms with Crippen molar-refractivity contribution in [3.05, 3.63) is 65.2 Å². The highest BCUT2D eigenvalue weighted by Gasteiger charge is 2.44. The zero-order chi connectivity index (χ0) is 33.7. The van der Waals surface area contributed by atoms with E-state index in [1.165, 1.54) is 12.1 Å². The Kier molecular flexibility index (Phi) is 9.10. The minimum Gasteiger partial charge on any atom is -0.475 e. The van der Waals surface area contributed by atoms with E-state index < -0.39 is 10.0 Å². The number of benzene rings is 2. The average Bonchev–Trinajstić information content (AvgIpc) is 2.95. The normalized spacial score (nSPS) is 26.6. The number of sulfonamides is 1. The summed E-state index contributed by atoms with van der Waals surface area (Å²) < 4.78 is 42.4. The number of aryl methyl sites for hydroxylation is 2. The lowest BCUT2D eigenvalue weighted by atomic mass is 9.80. The van der Waals surface area contributed by atoms with Crippen LogP contribution in [0.2, 0.25) is 0 Å². The second-order valence-electron chi connectivity index (χ2n) is 14.7. The molecule has 11 heteroatoms. The Morgan fingerprint density at radius 2 is 1.60 bits per heavy atom. The van der Waals surface area contributed by atoms with Crippen LogP contribution in [0.5, 0.6) is 5.88 Å². The molecule has 2 aliphatic heterocycles. The Balaban J connectivity index is 1.42. The number of carbonyl (C=O) groups excluding carboxylic acids is 1.